The summed E-state index contributed by atoms with van der Waals surface area (Å²) >= 11 is 6.90. The van der Waals surface area contributed by atoms with E-state index in [-0.39, 0.29) is 28.7 Å². The minimum absolute atomic E-state index is 0.0904. The maximum Gasteiger partial charge on any atom is 0.262 e. The van der Waals surface area contributed by atoms with E-state index in [1.165, 1.54) is 11.8 Å². The number of fused-ring (bicyclic) bond motifs is 1. The van der Waals surface area contributed by atoms with Crippen LogP contribution in [0.4, 0.5) is 5.69 Å². The summed E-state index contributed by atoms with van der Waals surface area (Å²) in [5, 5.41) is 0.455. The SMILES string of the molecule is Cc1ccccc1N1C(=NC(=O)CCl)S[C@@H]2CS(=O)(=O)C[C@H]21. The van der Waals surface area contributed by atoms with Crippen LogP contribution in [-0.2, 0) is 14.6 Å². The predicted octanol–water partition coefficient (Wildman–Crippen LogP) is 1.84. The van der Waals surface area contributed by atoms with Gasteiger partial charge in [-0.1, -0.05) is 30.0 Å². The van der Waals surface area contributed by atoms with Crippen molar-refractivity contribution in [2.24, 2.45) is 4.99 Å². The van der Waals surface area contributed by atoms with E-state index in [0.717, 1.165) is 11.3 Å². The van der Waals surface area contributed by atoms with Crippen LogP contribution in [0.3, 0.4) is 0 Å². The van der Waals surface area contributed by atoms with E-state index in [0.29, 0.717) is 5.17 Å². The molecule has 0 radical (unpaired) electrons. The van der Waals surface area contributed by atoms with Crippen molar-refractivity contribution in [3.63, 3.8) is 0 Å². The summed E-state index contributed by atoms with van der Waals surface area (Å²) in [5.74, 6) is -0.379. The van der Waals surface area contributed by atoms with Gasteiger partial charge in [-0.3, -0.25) is 4.79 Å². The first-order valence-electron chi connectivity index (χ1n) is 6.81. The number of rotatable bonds is 2. The minimum atomic E-state index is -3.05. The van der Waals surface area contributed by atoms with Gasteiger partial charge in [-0.2, -0.15) is 4.99 Å². The molecule has 0 spiro atoms. The number of aliphatic imine (C=N–C) groups is 1. The molecular formula is C14H15ClN2O3S2. The second-order valence-electron chi connectivity index (χ2n) is 5.38. The molecule has 0 saturated carbocycles. The number of amidine groups is 1. The van der Waals surface area contributed by atoms with E-state index in [9.17, 15) is 13.2 Å². The highest BCUT2D eigenvalue weighted by Crippen LogP contribution is 2.41. The van der Waals surface area contributed by atoms with Crippen LogP contribution in [0, 0.1) is 6.92 Å². The summed E-state index contributed by atoms with van der Waals surface area (Å²) in [6, 6.07) is 7.51. The van der Waals surface area contributed by atoms with Gasteiger partial charge in [-0.15, -0.1) is 11.6 Å². The van der Waals surface area contributed by atoms with E-state index in [2.05, 4.69) is 4.99 Å². The Labute approximate surface area is 138 Å². The fourth-order valence-electron chi connectivity index (χ4n) is 2.82. The Hall–Kier alpha value is -1.05. The van der Waals surface area contributed by atoms with Crippen LogP contribution in [0.25, 0.3) is 0 Å². The number of carbonyl (C=O) groups excluding carboxylic acids is 1. The predicted molar refractivity (Wildman–Crippen MR) is 90.6 cm³/mol. The van der Waals surface area contributed by atoms with Gasteiger partial charge in [0.15, 0.2) is 15.0 Å². The number of hydrogen-bond donors (Lipinski definition) is 0. The van der Waals surface area contributed by atoms with E-state index in [1.54, 1.807) is 0 Å². The first-order valence-corrected chi connectivity index (χ1v) is 10.0. The highest BCUT2D eigenvalue weighted by molar-refractivity contribution is 8.16. The minimum Gasteiger partial charge on any atom is -0.315 e. The van der Waals surface area contributed by atoms with Gasteiger partial charge in [0, 0.05) is 10.9 Å². The van der Waals surface area contributed by atoms with Crippen LogP contribution in [0.2, 0.25) is 0 Å². The fourth-order valence-corrected chi connectivity index (χ4v) is 6.80. The number of hydrogen-bond acceptors (Lipinski definition) is 4. The highest BCUT2D eigenvalue weighted by Gasteiger charge is 2.49. The van der Waals surface area contributed by atoms with Gasteiger partial charge in [0.25, 0.3) is 5.91 Å². The van der Waals surface area contributed by atoms with Gasteiger partial charge in [0.1, 0.15) is 5.88 Å². The average molecular weight is 359 g/mol. The number of sulfone groups is 1. The van der Waals surface area contributed by atoms with Gasteiger partial charge in [-0.25, -0.2) is 8.42 Å². The lowest BCUT2D eigenvalue weighted by atomic mass is 10.1. The van der Waals surface area contributed by atoms with Crippen molar-refractivity contribution in [2.45, 2.75) is 18.2 Å². The van der Waals surface area contributed by atoms with Crippen LogP contribution in [0.1, 0.15) is 5.56 Å². The zero-order valence-electron chi connectivity index (χ0n) is 11.9. The van der Waals surface area contributed by atoms with Gasteiger partial charge < -0.3 is 4.90 Å². The van der Waals surface area contributed by atoms with Crippen LogP contribution in [0.5, 0.6) is 0 Å². The van der Waals surface area contributed by atoms with Crippen LogP contribution >= 0.6 is 23.4 Å². The lowest BCUT2D eigenvalue weighted by Crippen LogP contribution is -2.38. The summed E-state index contributed by atoms with van der Waals surface area (Å²) in [4.78, 5) is 17.6. The maximum atomic E-state index is 11.9. The normalized spacial score (nSPS) is 28.1. The number of alkyl halides is 1. The number of nitrogens with zero attached hydrogens (tertiary/aromatic N) is 2. The topological polar surface area (TPSA) is 66.8 Å². The molecule has 2 aliphatic rings. The Balaban J connectivity index is 2.05. The number of aryl methyl sites for hydroxylation is 1. The van der Waals surface area contributed by atoms with E-state index < -0.39 is 15.7 Å². The molecular weight excluding hydrogens is 344 g/mol. The molecule has 0 unspecified atom stereocenters. The van der Waals surface area contributed by atoms with Gasteiger partial charge >= 0.3 is 0 Å². The molecule has 2 aliphatic heterocycles. The molecule has 0 aliphatic carbocycles. The molecule has 22 heavy (non-hydrogen) atoms. The number of carbonyl (C=O) groups is 1. The molecule has 2 heterocycles. The van der Waals surface area contributed by atoms with E-state index >= 15 is 0 Å². The quantitative estimate of drug-likeness (QED) is 0.754. The lowest BCUT2D eigenvalue weighted by molar-refractivity contribution is -0.115. The van der Waals surface area contributed by atoms with Crippen molar-refractivity contribution in [1.29, 1.82) is 0 Å². The zero-order chi connectivity index (χ0) is 15.9. The molecule has 0 bridgehead atoms. The van der Waals surface area contributed by atoms with Gasteiger partial charge in [0.05, 0.1) is 17.5 Å². The molecule has 2 fully saturated rings. The Morgan fingerprint density at radius 2 is 2.14 bits per heavy atom. The van der Waals surface area contributed by atoms with E-state index in [4.69, 9.17) is 11.6 Å². The first-order chi connectivity index (χ1) is 10.4. The third kappa shape index (κ3) is 2.89. The first kappa shape index (κ1) is 15.8. The highest BCUT2D eigenvalue weighted by atomic mass is 35.5. The van der Waals surface area contributed by atoms with Gasteiger partial charge in [-0.05, 0) is 18.6 Å². The van der Waals surface area contributed by atoms with Crippen molar-refractivity contribution in [1.82, 2.24) is 0 Å². The van der Waals surface area contributed by atoms with Crippen molar-refractivity contribution in [3.05, 3.63) is 29.8 Å². The largest absolute Gasteiger partial charge is 0.315 e. The lowest BCUT2D eigenvalue weighted by Gasteiger charge is -2.26. The van der Waals surface area contributed by atoms with E-state index in [1.807, 2.05) is 36.1 Å². The molecule has 0 N–H and O–H groups in total. The van der Waals surface area contributed by atoms with Crippen molar-refractivity contribution >= 4 is 50.0 Å². The smallest absolute Gasteiger partial charge is 0.262 e. The summed E-state index contributed by atoms with van der Waals surface area (Å²) in [5.41, 5.74) is 1.90. The molecule has 8 heteroatoms. The molecule has 1 aromatic carbocycles. The molecule has 2 saturated heterocycles. The Morgan fingerprint density at radius 3 is 2.82 bits per heavy atom. The third-order valence-corrected chi connectivity index (χ3v) is 7.21. The summed E-state index contributed by atoms with van der Waals surface area (Å²) < 4.78 is 23.8. The maximum absolute atomic E-state index is 11.9. The summed E-state index contributed by atoms with van der Waals surface area (Å²) in [6.07, 6.45) is 0. The molecule has 0 aromatic heterocycles. The second-order valence-corrected chi connectivity index (χ2v) is 9.01. The van der Waals surface area contributed by atoms with Crippen molar-refractivity contribution < 1.29 is 13.2 Å². The number of para-hydroxylation sites is 1. The Kier molecular flexibility index (Phi) is 4.22. The molecule has 5 nitrogen and oxygen atoms in total. The number of amides is 1. The number of thioether (sulfide) groups is 1. The standard InChI is InChI=1S/C14H15ClN2O3S2/c1-9-4-2-3-5-10(9)17-11-7-22(19,20)8-12(11)21-14(17)16-13(18)6-15/h2-5,11-12H,6-8H2,1H3/t11-,12-/m1/s1. The molecule has 118 valence electrons. The second kappa shape index (κ2) is 5.86. The summed E-state index contributed by atoms with van der Waals surface area (Å²) in [7, 11) is -3.05. The molecule has 2 atom stereocenters. The number of halogens is 1. The van der Waals surface area contributed by atoms with Crippen LogP contribution in [0.15, 0.2) is 29.3 Å². The number of anilines is 1. The fraction of sp³-hybridized carbons (Fsp3) is 0.429. The summed E-state index contributed by atoms with van der Waals surface area (Å²) in [6.45, 7) is 1.96. The molecule has 1 amide bonds. The van der Waals surface area contributed by atoms with Crippen LogP contribution in [-0.4, -0.2) is 48.2 Å². The van der Waals surface area contributed by atoms with Crippen molar-refractivity contribution in [3.8, 4) is 0 Å². The number of benzene rings is 1. The average Bonchev–Trinajstić information content (AvgIpc) is 2.91. The Bertz CT molecular complexity index is 748. The third-order valence-electron chi connectivity index (χ3n) is 3.78. The molecule has 3 rings (SSSR count). The monoisotopic (exact) mass is 358 g/mol. The van der Waals surface area contributed by atoms with Gasteiger partial charge in [0.2, 0.25) is 0 Å². The van der Waals surface area contributed by atoms with Crippen molar-refractivity contribution in [2.75, 3.05) is 22.3 Å². The van der Waals surface area contributed by atoms with Crippen LogP contribution < -0.4 is 4.90 Å². The zero-order valence-corrected chi connectivity index (χ0v) is 14.3. The molecule has 1 aromatic rings. The Morgan fingerprint density at radius 1 is 1.41 bits per heavy atom.